The summed E-state index contributed by atoms with van der Waals surface area (Å²) in [4.78, 5) is 42.8. The first kappa shape index (κ1) is 22.7. The van der Waals surface area contributed by atoms with Crippen molar-refractivity contribution in [2.75, 3.05) is 4.90 Å². The maximum Gasteiger partial charge on any atom is 0.257 e. The summed E-state index contributed by atoms with van der Waals surface area (Å²) in [6, 6.07) is 14.0. The molecule has 1 heterocycles. The second-order valence-electron chi connectivity index (χ2n) is 9.24. The molecule has 3 amide bonds. The number of carbonyl (C=O) groups is 3. The van der Waals surface area contributed by atoms with Gasteiger partial charge in [-0.15, -0.1) is 0 Å². The number of aryl methyl sites for hydroxylation is 1. The van der Waals surface area contributed by atoms with Crippen molar-refractivity contribution in [3.05, 3.63) is 65.2 Å². The molecule has 2 aromatic rings. The molecule has 2 aromatic carbocycles. The summed E-state index contributed by atoms with van der Waals surface area (Å²) in [5, 5.41) is 0. The molecule has 164 valence electrons. The van der Waals surface area contributed by atoms with E-state index in [1.807, 2.05) is 70.2 Å². The summed E-state index contributed by atoms with van der Waals surface area (Å²) < 4.78 is 0. The van der Waals surface area contributed by atoms with Gasteiger partial charge in [0.25, 0.3) is 11.8 Å². The second-order valence-corrected chi connectivity index (χ2v) is 9.24. The molecule has 3 rings (SSSR count). The van der Waals surface area contributed by atoms with Gasteiger partial charge in [0.1, 0.15) is 6.04 Å². The van der Waals surface area contributed by atoms with Crippen LogP contribution in [-0.2, 0) is 9.59 Å². The van der Waals surface area contributed by atoms with Crippen molar-refractivity contribution in [1.29, 1.82) is 0 Å². The van der Waals surface area contributed by atoms with Gasteiger partial charge in [-0.2, -0.15) is 0 Å². The van der Waals surface area contributed by atoms with Crippen molar-refractivity contribution in [3.8, 4) is 0 Å². The Kier molecular flexibility index (Phi) is 6.35. The van der Waals surface area contributed by atoms with E-state index in [9.17, 15) is 14.4 Å². The molecule has 1 unspecified atom stereocenters. The summed E-state index contributed by atoms with van der Waals surface area (Å²) in [5.41, 5.74) is 2.61. The summed E-state index contributed by atoms with van der Waals surface area (Å²) in [6.07, 6.45) is 0.650. The number of rotatable bonds is 6. The van der Waals surface area contributed by atoms with Gasteiger partial charge in [-0.25, -0.2) is 4.90 Å². The lowest BCUT2D eigenvalue weighted by Gasteiger charge is -2.41. The zero-order valence-corrected chi connectivity index (χ0v) is 19.3. The van der Waals surface area contributed by atoms with Gasteiger partial charge in [-0.3, -0.25) is 14.4 Å². The highest BCUT2D eigenvalue weighted by atomic mass is 16.2. The van der Waals surface area contributed by atoms with Crippen LogP contribution in [-0.4, -0.2) is 34.2 Å². The average molecular weight is 421 g/mol. The maximum absolute atomic E-state index is 13.5. The second kappa shape index (κ2) is 8.66. The zero-order valence-electron chi connectivity index (χ0n) is 19.3. The number of benzene rings is 2. The first-order chi connectivity index (χ1) is 14.6. The van der Waals surface area contributed by atoms with Gasteiger partial charge in [0.2, 0.25) is 5.91 Å². The number of anilines is 1. The molecule has 0 spiro atoms. The van der Waals surface area contributed by atoms with Crippen LogP contribution in [0.15, 0.2) is 48.5 Å². The third-order valence-corrected chi connectivity index (χ3v) is 6.25. The van der Waals surface area contributed by atoms with Crippen LogP contribution in [0.5, 0.6) is 0 Å². The van der Waals surface area contributed by atoms with Crippen molar-refractivity contribution < 1.29 is 14.4 Å². The summed E-state index contributed by atoms with van der Waals surface area (Å²) in [6.45, 7) is 12.0. The van der Waals surface area contributed by atoms with Crippen LogP contribution in [0, 0.1) is 6.92 Å². The maximum atomic E-state index is 13.5. The molecule has 1 aliphatic heterocycles. The highest BCUT2D eigenvalue weighted by molar-refractivity contribution is 6.23. The van der Waals surface area contributed by atoms with E-state index < -0.39 is 11.6 Å². The third-order valence-electron chi connectivity index (χ3n) is 6.25. The van der Waals surface area contributed by atoms with Gasteiger partial charge in [-0.1, -0.05) is 50.6 Å². The molecule has 1 saturated heterocycles. The Hall–Kier alpha value is -2.95. The Bertz CT molecular complexity index is 992. The predicted octanol–water partition coefficient (Wildman–Crippen LogP) is 5.08. The Morgan fingerprint density at radius 1 is 1.13 bits per heavy atom. The molecule has 0 saturated carbocycles. The van der Waals surface area contributed by atoms with Gasteiger partial charge < -0.3 is 4.90 Å². The Morgan fingerprint density at radius 2 is 1.77 bits per heavy atom. The Morgan fingerprint density at radius 3 is 2.32 bits per heavy atom. The van der Waals surface area contributed by atoms with Crippen molar-refractivity contribution in [3.63, 3.8) is 0 Å². The molecule has 1 atom stereocenters. The number of carbonyl (C=O) groups excluding carboxylic acids is 3. The molecule has 0 aromatic heterocycles. The van der Waals surface area contributed by atoms with Crippen LogP contribution in [0.1, 0.15) is 74.9 Å². The minimum atomic E-state index is -0.819. The highest BCUT2D eigenvalue weighted by Gasteiger charge is 2.48. The smallest absolute Gasteiger partial charge is 0.257 e. The van der Waals surface area contributed by atoms with Gasteiger partial charge in [-0.05, 0) is 62.9 Å². The van der Waals surface area contributed by atoms with Crippen molar-refractivity contribution in [2.45, 2.75) is 71.9 Å². The molecule has 1 aliphatic rings. The molecule has 5 heteroatoms. The normalized spacial score (nSPS) is 16.9. The zero-order chi connectivity index (χ0) is 22.9. The number of imide groups is 1. The fraction of sp³-hybridized carbons (Fsp3) is 0.423. The van der Waals surface area contributed by atoms with Crippen molar-refractivity contribution in [1.82, 2.24) is 4.90 Å². The van der Waals surface area contributed by atoms with Crippen LogP contribution in [0.2, 0.25) is 0 Å². The molecule has 0 N–H and O–H groups in total. The number of amides is 3. The van der Waals surface area contributed by atoms with Crippen LogP contribution in [0.4, 0.5) is 5.69 Å². The monoisotopic (exact) mass is 420 g/mol. The largest absolute Gasteiger partial charge is 0.321 e. The predicted molar refractivity (Wildman–Crippen MR) is 123 cm³/mol. The highest BCUT2D eigenvalue weighted by Crippen LogP contribution is 2.33. The first-order valence-corrected chi connectivity index (χ1v) is 10.9. The van der Waals surface area contributed by atoms with E-state index in [-0.39, 0.29) is 24.1 Å². The molecular weight excluding hydrogens is 388 g/mol. The summed E-state index contributed by atoms with van der Waals surface area (Å²) in [7, 11) is 0. The minimum absolute atomic E-state index is 0.00818. The van der Waals surface area contributed by atoms with Gasteiger partial charge in [0, 0.05) is 11.1 Å². The molecule has 1 fully saturated rings. The summed E-state index contributed by atoms with van der Waals surface area (Å²) >= 11 is 0. The molecule has 5 nitrogen and oxygen atoms in total. The van der Waals surface area contributed by atoms with E-state index in [1.54, 1.807) is 11.0 Å². The van der Waals surface area contributed by atoms with Crippen LogP contribution >= 0.6 is 0 Å². The van der Waals surface area contributed by atoms with Gasteiger partial charge >= 0.3 is 0 Å². The molecular formula is C26H32N2O3. The minimum Gasteiger partial charge on any atom is -0.321 e. The van der Waals surface area contributed by atoms with Crippen molar-refractivity contribution >= 4 is 23.4 Å². The molecule has 0 radical (unpaired) electrons. The first-order valence-electron chi connectivity index (χ1n) is 10.9. The lowest BCUT2D eigenvalue weighted by Crippen LogP contribution is -2.55. The van der Waals surface area contributed by atoms with Crippen LogP contribution < -0.4 is 4.90 Å². The summed E-state index contributed by atoms with van der Waals surface area (Å²) in [5.74, 6) is -0.482. The van der Waals surface area contributed by atoms with E-state index in [0.29, 0.717) is 23.6 Å². The molecule has 0 bridgehead atoms. The van der Waals surface area contributed by atoms with Gasteiger partial charge in [0.15, 0.2) is 0 Å². The Labute approximate surface area is 185 Å². The van der Waals surface area contributed by atoms with E-state index in [2.05, 4.69) is 13.8 Å². The van der Waals surface area contributed by atoms with E-state index in [1.165, 1.54) is 4.90 Å². The van der Waals surface area contributed by atoms with Crippen molar-refractivity contribution in [2.24, 2.45) is 0 Å². The van der Waals surface area contributed by atoms with E-state index >= 15 is 0 Å². The molecule has 0 aliphatic carbocycles. The number of hydrogen-bond donors (Lipinski definition) is 0. The van der Waals surface area contributed by atoms with Crippen LogP contribution in [0.3, 0.4) is 0 Å². The standard InChI is InChI=1S/C26H32N2O3/c1-7-26(5,6)28(24(30)20-10-8-9-18(4)15-20)22-16-23(29)27(25(22)31)21-13-11-19(12-14-21)17(2)3/h8-15,17,22H,7,16H2,1-6H3. The fourth-order valence-electron chi connectivity index (χ4n) is 4.02. The number of nitrogens with zero attached hydrogens (tertiary/aromatic N) is 2. The quantitative estimate of drug-likeness (QED) is 0.612. The third kappa shape index (κ3) is 4.41. The fourth-order valence-corrected chi connectivity index (χ4v) is 4.02. The average Bonchev–Trinajstić information content (AvgIpc) is 3.01. The van der Waals surface area contributed by atoms with E-state index in [4.69, 9.17) is 0 Å². The topological polar surface area (TPSA) is 57.7 Å². The Balaban J connectivity index is 1.98. The number of hydrogen-bond acceptors (Lipinski definition) is 3. The van der Waals surface area contributed by atoms with Gasteiger partial charge in [0.05, 0.1) is 12.1 Å². The van der Waals surface area contributed by atoms with Crippen LogP contribution in [0.25, 0.3) is 0 Å². The van der Waals surface area contributed by atoms with E-state index in [0.717, 1.165) is 11.1 Å². The SMILES string of the molecule is CCC(C)(C)N(C(=O)c1cccc(C)c1)C1CC(=O)N(c2ccc(C(C)C)cc2)C1=O. The lowest BCUT2D eigenvalue weighted by atomic mass is 9.94. The lowest BCUT2D eigenvalue weighted by molar-refractivity contribution is -0.123. The molecule has 31 heavy (non-hydrogen) atoms.